The summed E-state index contributed by atoms with van der Waals surface area (Å²) in [6, 6.07) is 14.0. The van der Waals surface area contributed by atoms with Gasteiger partial charge in [-0.25, -0.2) is 0 Å². The van der Waals surface area contributed by atoms with E-state index in [0.29, 0.717) is 31.8 Å². The van der Waals surface area contributed by atoms with Crippen LogP contribution in [0.25, 0.3) is 0 Å². The third kappa shape index (κ3) is 4.66. The van der Waals surface area contributed by atoms with Crippen LogP contribution in [0.4, 0.5) is 0 Å². The van der Waals surface area contributed by atoms with Crippen molar-refractivity contribution in [1.29, 1.82) is 0 Å². The molecule has 132 valence electrons. The number of carbonyl (C=O) groups excluding carboxylic acids is 1. The zero-order valence-corrected chi connectivity index (χ0v) is 16.3. The molecule has 0 aliphatic carbocycles. The molecule has 4 nitrogen and oxygen atoms in total. The lowest BCUT2D eigenvalue weighted by atomic mass is 10.1. The van der Waals surface area contributed by atoms with Crippen LogP contribution in [0.1, 0.15) is 43.4 Å². The van der Waals surface area contributed by atoms with E-state index in [1.165, 1.54) is 0 Å². The van der Waals surface area contributed by atoms with Gasteiger partial charge in [0.25, 0.3) is 0 Å². The topological polar surface area (TPSA) is 44.8 Å². The number of rotatable bonds is 7. The molecule has 1 heterocycles. The van der Waals surface area contributed by atoms with Gasteiger partial charge in [0, 0.05) is 6.42 Å². The lowest BCUT2D eigenvalue weighted by Crippen LogP contribution is -2.05. The highest BCUT2D eigenvalue weighted by atomic mass is 127. The summed E-state index contributed by atoms with van der Waals surface area (Å²) in [6.07, 6.45) is 1.91. The normalized spacial score (nSPS) is 16.6. The predicted octanol–water partition coefficient (Wildman–Crippen LogP) is 5.04. The zero-order valence-electron chi connectivity index (χ0n) is 14.2. The molecule has 0 radical (unpaired) electrons. The number of benzene rings is 2. The highest BCUT2D eigenvalue weighted by Gasteiger charge is 2.27. The van der Waals surface area contributed by atoms with E-state index in [4.69, 9.17) is 14.2 Å². The zero-order chi connectivity index (χ0) is 17.6. The van der Waals surface area contributed by atoms with Gasteiger partial charge < -0.3 is 14.2 Å². The van der Waals surface area contributed by atoms with Crippen LogP contribution >= 0.6 is 22.6 Å². The fourth-order valence-corrected chi connectivity index (χ4v) is 3.50. The SMILES string of the molecule is CCCOc1c(I)cc(C2CCC(=O)O2)cc1OCc1ccccc1. The van der Waals surface area contributed by atoms with Crippen molar-refractivity contribution in [3.63, 3.8) is 0 Å². The molecule has 1 unspecified atom stereocenters. The van der Waals surface area contributed by atoms with E-state index in [2.05, 4.69) is 29.5 Å². The summed E-state index contributed by atoms with van der Waals surface area (Å²) in [4.78, 5) is 11.4. The van der Waals surface area contributed by atoms with E-state index in [9.17, 15) is 4.79 Å². The molecule has 25 heavy (non-hydrogen) atoms. The van der Waals surface area contributed by atoms with Crippen LogP contribution in [0, 0.1) is 3.57 Å². The van der Waals surface area contributed by atoms with Crippen LogP contribution in [0.15, 0.2) is 42.5 Å². The molecule has 0 amide bonds. The highest BCUT2D eigenvalue weighted by Crippen LogP contribution is 2.39. The van der Waals surface area contributed by atoms with Crippen LogP contribution in [-0.2, 0) is 16.1 Å². The number of hydrogen-bond donors (Lipinski definition) is 0. The van der Waals surface area contributed by atoms with E-state index < -0.39 is 0 Å². The van der Waals surface area contributed by atoms with E-state index in [1.807, 2.05) is 42.5 Å². The van der Waals surface area contributed by atoms with Crippen molar-refractivity contribution in [2.45, 2.75) is 38.9 Å². The minimum atomic E-state index is -0.194. The molecule has 3 rings (SSSR count). The maximum atomic E-state index is 11.4. The molecule has 0 bridgehead atoms. The number of ether oxygens (including phenoxy) is 3. The molecule has 1 aliphatic heterocycles. The van der Waals surface area contributed by atoms with Gasteiger partial charge in [0.05, 0.1) is 10.2 Å². The van der Waals surface area contributed by atoms with Crippen molar-refractivity contribution in [2.24, 2.45) is 0 Å². The number of cyclic esters (lactones) is 1. The first-order chi connectivity index (χ1) is 12.2. The molecule has 2 aromatic carbocycles. The van der Waals surface area contributed by atoms with Gasteiger partial charge in [-0.05, 0) is 58.7 Å². The lowest BCUT2D eigenvalue weighted by molar-refractivity contribution is -0.141. The molecule has 1 fully saturated rings. The summed E-state index contributed by atoms with van der Waals surface area (Å²) in [5.41, 5.74) is 2.05. The standard InChI is InChI=1S/C20H21IO4/c1-2-10-23-20-16(21)11-15(17-8-9-19(22)25-17)12-18(20)24-13-14-6-4-3-5-7-14/h3-7,11-12,17H,2,8-10,13H2,1H3. The predicted molar refractivity (Wildman–Crippen MR) is 104 cm³/mol. The van der Waals surface area contributed by atoms with Crippen LogP contribution in [0.3, 0.4) is 0 Å². The Kier molecular flexibility index (Phi) is 6.18. The largest absolute Gasteiger partial charge is 0.489 e. The van der Waals surface area contributed by atoms with Crippen molar-refractivity contribution in [3.8, 4) is 11.5 Å². The Hall–Kier alpha value is -1.76. The van der Waals surface area contributed by atoms with Gasteiger partial charge in [0.15, 0.2) is 11.5 Å². The summed E-state index contributed by atoms with van der Waals surface area (Å²) >= 11 is 2.25. The number of carbonyl (C=O) groups is 1. The van der Waals surface area contributed by atoms with Crippen LogP contribution in [0.2, 0.25) is 0 Å². The smallest absolute Gasteiger partial charge is 0.306 e. The molecule has 1 saturated heterocycles. The summed E-state index contributed by atoms with van der Waals surface area (Å²) < 4.78 is 18.3. The molecular weight excluding hydrogens is 431 g/mol. The molecule has 0 N–H and O–H groups in total. The second kappa shape index (κ2) is 8.56. The van der Waals surface area contributed by atoms with E-state index in [0.717, 1.165) is 26.9 Å². The Morgan fingerprint density at radius 1 is 1.20 bits per heavy atom. The second-order valence-electron chi connectivity index (χ2n) is 5.97. The molecule has 0 aromatic heterocycles. The maximum Gasteiger partial charge on any atom is 0.306 e. The third-order valence-corrected chi connectivity index (χ3v) is 4.78. The van der Waals surface area contributed by atoms with Crippen LogP contribution in [0.5, 0.6) is 11.5 Å². The van der Waals surface area contributed by atoms with Gasteiger partial charge in [-0.2, -0.15) is 0 Å². The van der Waals surface area contributed by atoms with Crippen molar-refractivity contribution < 1.29 is 19.0 Å². The second-order valence-corrected chi connectivity index (χ2v) is 7.13. The van der Waals surface area contributed by atoms with Crippen molar-refractivity contribution in [3.05, 3.63) is 57.2 Å². The van der Waals surface area contributed by atoms with Gasteiger partial charge >= 0.3 is 5.97 Å². The molecule has 2 aromatic rings. The molecule has 1 aliphatic rings. The van der Waals surface area contributed by atoms with Crippen molar-refractivity contribution >= 4 is 28.6 Å². The molecule has 1 atom stereocenters. The van der Waals surface area contributed by atoms with Gasteiger partial charge in [-0.1, -0.05) is 37.3 Å². The summed E-state index contributed by atoms with van der Waals surface area (Å²) in [7, 11) is 0. The Bertz CT molecular complexity index is 730. The number of hydrogen-bond acceptors (Lipinski definition) is 4. The van der Waals surface area contributed by atoms with Crippen LogP contribution in [-0.4, -0.2) is 12.6 Å². The van der Waals surface area contributed by atoms with Gasteiger partial charge in [0.2, 0.25) is 0 Å². The average molecular weight is 452 g/mol. The monoisotopic (exact) mass is 452 g/mol. The first kappa shape index (κ1) is 18.0. The molecular formula is C20H21IO4. The van der Waals surface area contributed by atoms with Gasteiger partial charge in [0.1, 0.15) is 12.7 Å². The lowest BCUT2D eigenvalue weighted by Gasteiger charge is -2.18. The maximum absolute atomic E-state index is 11.4. The van der Waals surface area contributed by atoms with Gasteiger partial charge in [-0.3, -0.25) is 4.79 Å². The van der Waals surface area contributed by atoms with Crippen molar-refractivity contribution in [2.75, 3.05) is 6.61 Å². The quantitative estimate of drug-likeness (QED) is 0.437. The molecule has 5 heteroatoms. The molecule has 0 spiro atoms. The Morgan fingerprint density at radius 3 is 2.68 bits per heavy atom. The first-order valence-electron chi connectivity index (χ1n) is 8.50. The van der Waals surface area contributed by atoms with Crippen LogP contribution < -0.4 is 9.47 Å². The Morgan fingerprint density at radius 2 is 2.00 bits per heavy atom. The average Bonchev–Trinajstić information content (AvgIpc) is 3.06. The fraction of sp³-hybridized carbons (Fsp3) is 0.350. The van der Waals surface area contributed by atoms with Gasteiger partial charge in [-0.15, -0.1) is 0 Å². The molecule has 0 saturated carbocycles. The van der Waals surface area contributed by atoms with E-state index in [1.54, 1.807) is 0 Å². The Balaban J connectivity index is 1.85. The van der Waals surface area contributed by atoms with E-state index in [-0.39, 0.29) is 12.1 Å². The Labute approximate surface area is 161 Å². The summed E-state index contributed by atoms with van der Waals surface area (Å²) in [5, 5.41) is 0. The number of halogens is 1. The summed E-state index contributed by atoms with van der Waals surface area (Å²) in [6.45, 7) is 3.17. The minimum absolute atomic E-state index is 0.141. The van der Waals surface area contributed by atoms with Crippen molar-refractivity contribution in [1.82, 2.24) is 0 Å². The fourth-order valence-electron chi connectivity index (χ4n) is 2.72. The summed E-state index contributed by atoms with van der Waals surface area (Å²) in [5.74, 6) is 1.31. The third-order valence-electron chi connectivity index (χ3n) is 3.98. The van der Waals surface area contributed by atoms with E-state index >= 15 is 0 Å². The number of esters is 1. The first-order valence-corrected chi connectivity index (χ1v) is 9.57. The minimum Gasteiger partial charge on any atom is -0.489 e. The highest BCUT2D eigenvalue weighted by molar-refractivity contribution is 14.1.